The third-order valence-electron chi connectivity index (χ3n) is 3.58. The summed E-state index contributed by atoms with van der Waals surface area (Å²) in [5, 5.41) is 0.506. The molecule has 1 amide bonds. The van der Waals surface area contributed by atoms with Crippen LogP contribution in [0.15, 0.2) is 39.5 Å². The number of amides is 1. The molecule has 0 spiro atoms. The van der Waals surface area contributed by atoms with E-state index in [1.54, 1.807) is 24.3 Å². The summed E-state index contributed by atoms with van der Waals surface area (Å²) in [7, 11) is 0. The van der Waals surface area contributed by atoms with Crippen LogP contribution in [0.2, 0.25) is 0 Å². The number of fused-ring (bicyclic) bond motifs is 1. The SMILES string of the molecule is CC(C)N(C(=O)c1cc(=O)c2ccccc2o1)C1CC1. The maximum absolute atomic E-state index is 12.6. The lowest BCUT2D eigenvalue weighted by molar-refractivity contribution is 0.0658. The highest BCUT2D eigenvalue weighted by atomic mass is 16.3. The molecule has 0 atom stereocenters. The number of hydrogen-bond donors (Lipinski definition) is 0. The molecule has 2 aromatic rings. The Bertz CT molecular complexity index is 711. The minimum atomic E-state index is -0.189. The van der Waals surface area contributed by atoms with E-state index < -0.39 is 0 Å². The van der Waals surface area contributed by atoms with Gasteiger partial charge in [-0.2, -0.15) is 0 Å². The Morgan fingerprint density at radius 2 is 2.00 bits per heavy atom. The Morgan fingerprint density at radius 1 is 1.30 bits per heavy atom. The lowest BCUT2D eigenvalue weighted by Gasteiger charge is -2.25. The molecule has 4 heteroatoms. The zero-order valence-electron chi connectivity index (χ0n) is 11.6. The normalized spacial score (nSPS) is 14.8. The molecule has 4 nitrogen and oxygen atoms in total. The molecule has 3 rings (SSSR count). The highest BCUT2D eigenvalue weighted by Gasteiger charge is 2.35. The molecule has 0 aliphatic heterocycles. The second kappa shape index (κ2) is 4.78. The van der Waals surface area contributed by atoms with Crippen LogP contribution in [0.25, 0.3) is 11.0 Å². The average Bonchev–Trinajstić information content (AvgIpc) is 3.23. The van der Waals surface area contributed by atoms with Crippen molar-refractivity contribution in [3.05, 3.63) is 46.3 Å². The Balaban J connectivity index is 2.05. The van der Waals surface area contributed by atoms with Gasteiger partial charge in [0, 0.05) is 18.2 Å². The first-order chi connectivity index (χ1) is 9.58. The van der Waals surface area contributed by atoms with Crippen LogP contribution in [0.1, 0.15) is 37.2 Å². The second-order valence-corrected chi connectivity index (χ2v) is 5.51. The van der Waals surface area contributed by atoms with Crippen LogP contribution in [0.4, 0.5) is 0 Å². The molecule has 1 saturated carbocycles. The monoisotopic (exact) mass is 271 g/mol. The molecule has 0 saturated heterocycles. The first-order valence-electron chi connectivity index (χ1n) is 6.93. The molecule has 20 heavy (non-hydrogen) atoms. The first-order valence-corrected chi connectivity index (χ1v) is 6.93. The molecule has 0 radical (unpaired) electrons. The molecule has 1 fully saturated rings. The van der Waals surface area contributed by atoms with E-state index in [4.69, 9.17) is 4.42 Å². The predicted octanol–water partition coefficient (Wildman–Crippen LogP) is 2.81. The van der Waals surface area contributed by atoms with Gasteiger partial charge in [0.2, 0.25) is 0 Å². The molecule has 0 unspecified atom stereocenters. The summed E-state index contributed by atoms with van der Waals surface area (Å²) in [5.74, 6) is -0.0559. The van der Waals surface area contributed by atoms with Gasteiger partial charge >= 0.3 is 0 Å². The van der Waals surface area contributed by atoms with Crippen molar-refractivity contribution in [1.29, 1.82) is 0 Å². The Hall–Kier alpha value is -2.10. The molecule has 104 valence electrons. The molecular weight excluding hydrogens is 254 g/mol. The van der Waals surface area contributed by atoms with E-state index in [0.29, 0.717) is 17.0 Å². The van der Waals surface area contributed by atoms with E-state index in [1.807, 2.05) is 18.7 Å². The van der Waals surface area contributed by atoms with Crippen molar-refractivity contribution < 1.29 is 9.21 Å². The van der Waals surface area contributed by atoms with Gasteiger partial charge in [-0.1, -0.05) is 12.1 Å². The Kier molecular flexibility index (Phi) is 3.08. The second-order valence-electron chi connectivity index (χ2n) is 5.51. The van der Waals surface area contributed by atoms with Crippen LogP contribution in [0.3, 0.4) is 0 Å². The number of rotatable bonds is 3. The lowest BCUT2D eigenvalue weighted by atomic mass is 10.2. The van der Waals surface area contributed by atoms with Gasteiger partial charge in [0.1, 0.15) is 5.58 Å². The van der Waals surface area contributed by atoms with E-state index in [9.17, 15) is 9.59 Å². The highest BCUT2D eigenvalue weighted by Crippen LogP contribution is 2.30. The van der Waals surface area contributed by atoms with Crippen molar-refractivity contribution in [2.45, 2.75) is 38.8 Å². The third kappa shape index (κ3) is 2.22. The fourth-order valence-electron chi connectivity index (χ4n) is 2.51. The predicted molar refractivity (Wildman–Crippen MR) is 76.8 cm³/mol. The number of carbonyl (C=O) groups excluding carboxylic acids is 1. The highest BCUT2D eigenvalue weighted by molar-refractivity contribution is 5.93. The maximum Gasteiger partial charge on any atom is 0.290 e. The first kappa shape index (κ1) is 12.9. The minimum Gasteiger partial charge on any atom is -0.451 e. The Morgan fingerprint density at radius 3 is 2.65 bits per heavy atom. The number of hydrogen-bond acceptors (Lipinski definition) is 3. The largest absolute Gasteiger partial charge is 0.451 e. The standard InChI is InChI=1S/C16H17NO3/c1-10(2)17(11-7-8-11)16(19)15-9-13(18)12-5-3-4-6-14(12)20-15/h3-6,9-11H,7-8H2,1-2H3. The van der Waals surface area contributed by atoms with E-state index in [0.717, 1.165) is 12.8 Å². The average molecular weight is 271 g/mol. The lowest BCUT2D eigenvalue weighted by Crippen LogP contribution is -2.39. The summed E-state index contributed by atoms with van der Waals surface area (Å²) in [6.07, 6.45) is 2.06. The smallest absolute Gasteiger partial charge is 0.290 e. The summed E-state index contributed by atoms with van der Waals surface area (Å²) >= 11 is 0. The quantitative estimate of drug-likeness (QED) is 0.862. The van der Waals surface area contributed by atoms with Gasteiger partial charge in [-0.3, -0.25) is 9.59 Å². The molecule has 1 aliphatic rings. The summed E-state index contributed by atoms with van der Waals surface area (Å²) in [4.78, 5) is 26.4. The van der Waals surface area contributed by atoms with Crippen molar-refractivity contribution in [2.75, 3.05) is 0 Å². The van der Waals surface area contributed by atoms with Crippen LogP contribution < -0.4 is 5.43 Å². The van der Waals surface area contributed by atoms with Crippen LogP contribution in [0.5, 0.6) is 0 Å². The molecule has 0 bridgehead atoms. The van der Waals surface area contributed by atoms with Gasteiger partial charge in [0.15, 0.2) is 11.2 Å². The fraction of sp³-hybridized carbons (Fsp3) is 0.375. The van der Waals surface area contributed by atoms with Gasteiger partial charge in [0.25, 0.3) is 5.91 Å². The number of nitrogens with zero attached hydrogens (tertiary/aromatic N) is 1. The molecule has 1 aliphatic carbocycles. The third-order valence-corrected chi connectivity index (χ3v) is 3.58. The van der Waals surface area contributed by atoms with Crippen molar-refractivity contribution in [3.63, 3.8) is 0 Å². The number of carbonyl (C=O) groups is 1. The van der Waals surface area contributed by atoms with E-state index in [1.165, 1.54) is 6.07 Å². The number of benzene rings is 1. The maximum atomic E-state index is 12.6. The zero-order chi connectivity index (χ0) is 14.3. The fourth-order valence-corrected chi connectivity index (χ4v) is 2.51. The number of para-hydroxylation sites is 1. The summed E-state index contributed by atoms with van der Waals surface area (Å²) < 4.78 is 5.62. The zero-order valence-corrected chi connectivity index (χ0v) is 11.6. The molecular formula is C16H17NO3. The van der Waals surface area contributed by atoms with E-state index in [-0.39, 0.29) is 23.1 Å². The molecule has 1 aromatic carbocycles. The van der Waals surface area contributed by atoms with Gasteiger partial charge in [-0.15, -0.1) is 0 Å². The molecule has 1 aromatic heterocycles. The van der Waals surface area contributed by atoms with Crippen LogP contribution in [-0.2, 0) is 0 Å². The molecule has 1 heterocycles. The van der Waals surface area contributed by atoms with Crippen molar-refractivity contribution >= 4 is 16.9 Å². The summed E-state index contributed by atoms with van der Waals surface area (Å²) in [5.41, 5.74) is 0.289. The summed E-state index contributed by atoms with van der Waals surface area (Å²) in [6.45, 7) is 3.96. The van der Waals surface area contributed by atoms with Crippen LogP contribution in [-0.4, -0.2) is 22.9 Å². The van der Waals surface area contributed by atoms with E-state index in [2.05, 4.69) is 0 Å². The van der Waals surface area contributed by atoms with Gasteiger partial charge in [-0.05, 0) is 38.8 Å². The topological polar surface area (TPSA) is 50.5 Å². The van der Waals surface area contributed by atoms with Crippen molar-refractivity contribution in [3.8, 4) is 0 Å². The Labute approximate surface area is 117 Å². The van der Waals surface area contributed by atoms with Crippen LogP contribution in [0, 0.1) is 0 Å². The molecule has 0 N–H and O–H groups in total. The van der Waals surface area contributed by atoms with Crippen LogP contribution >= 0.6 is 0 Å². The van der Waals surface area contributed by atoms with Gasteiger partial charge in [0.05, 0.1) is 5.39 Å². The van der Waals surface area contributed by atoms with Crippen molar-refractivity contribution in [1.82, 2.24) is 4.90 Å². The van der Waals surface area contributed by atoms with Gasteiger partial charge < -0.3 is 9.32 Å². The minimum absolute atomic E-state index is 0.103. The van der Waals surface area contributed by atoms with E-state index >= 15 is 0 Å². The van der Waals surface area contributed by atoms with Crippen molar-refractivity contribution in [2.24, 2.45) is 0 Å². The van der Waals surface area contributed by atoms with Gasteiger partial charge in [-0.25, -0.2) is 0 Å². The summed E-state index contributed by atoms with van der Waals surface area (Å²) in [6, 6.07) is 8.70.